The summed E-state index contributed by atoms with van der Waals surface area (Å²) in [7, 11) is 0. The van der Waals surface area contributed by atoms with Gasteiger partial charge >= 0.3 is 0 Å². The maximum absolute atomic E-state index is 8.92. The minimum Gasteiger partial charge on any atom is -0.457 e. The molecule has 96 valence electrons. The van der Waals surface area contributed by atoms with E-state index in [2.05, 4.69) is 0 Å². The van der Waals surface area contributed by atoms with Crippen molar-refractivity contribution in [3.63, 3.8) is 0 Å². The number of nitrogens with zero attached hydrogens (tertiary/aromatic N) is 1. The third kappa shape index (κ3) is 2.98. The first kappa shape index (κ1) is 13.3. The summed E-state index contributed by atoms with van der Waals surface area (Å²) in [4.78, 5) is 0. The molecule has 0 amide bonds. The Morgan fingerprint density at radius 1 is 1.21 bits per heavy atom. The van der Waals surface area contributed by atoms with Gasteiger partial charge in [0.15, 0.2) is 0 Å². The first-order valence-corrected chi connectivity index (χ1v) is 6.27. The lowest BCUT2D eigenvalue weighted by Crippen LogP contribution is -1.92. The van der Waals surface area contributed by atoms with Crippen molar-refractivity contribution in [2.45, 2.75) is 13.3 Å². The van der Waals surface area contributed by atoms with Crippen LogP contribution in [0.5, 0.6) is 11.5 Å². The highest BCUT2D eigenvalue weighted by atomic mass is 35.5. The normalized spacial score (nSPS) is 9.95. The molecule has 0 aliphatic rings. The Balaban J connectivity index is 2.29. The molecule has 2 rings (SSSR count). The second kappa shape index (κ2) is 5.64. The number of benzene rings is 2. The molecular weight excluding hydrogens is 260 g/mol. The molecule has 0 aliphatic heterocycles. The van der Waals surface area contributed by atoms with Gasteiger partial charge in [-0.05, 0) is 42.3 Å². The van der Waals surface area contributed by atoms with Crippen LogP contribution in [0.4, 0.5) is 5.69 Å². The maximum Gasteiger partial charge on any atom is 0.128 e. The third-order valence-electron chi connectivity index (χ3n) is 2.78. The molecule has 0 unspecified atom stereocenters. The van der Waals surface area contributed by atoms with Crippen LogP contribution in [0, 0.1) is 11.3 Å². The number of anilines is 1. The Bertz CT molecular complexity index is 647. The summed E-state index contributed by atoms with van der Waals surface area (Å²) < 4.78 is 5.71. The highest BCUT2D eigenvalue weighted by Crippen LogP contribution is 2.28. The predicted molar refractivity (Wildman–Crippen MR) is 76.5 cm³/mol. The van der Waals surface area contributed by atoms with E-state index in [1.54, 1.807) is 30.3 Å². The van der Waals surface area contributed by atoms with Gasteiger partial charge < -0.3 is 10.5 Å². The Hall–Kier alpha value is -2.18. The number of nitriles is 1. The quantitative estimate of drug-likeness (QED) is 0.854. The fourth-order valence-corrected chi connectivity index (χ4v) is 1.97. The highest BCUT2D eigenvalue weighted by molar-refractivity contribution is 6.31. The Labute approximate surface area is 117 Å². The molecule has 2 aromatic rings. The van der Waals surface area contributed by atoms with E-state index < -0.39 is 0 Å². The average Bonchev–Trinajstić information content (AvgIpc) is 2.43. The summed E-state index contributed by atoms with van der Waals surface area (Å²) in [5.74, 6) is 1.27. The minimum atomic E-state index is 0.405. The van der Waals surface area contributed by atoms with Gasteiger partial charge in [0.2, 0.25) is 0 Å². The van der Waals surface area contributed by atoms with E-state index >= 15 is 0 Å². The van der Waals surface area contributed by atoms with Gasteiger partial charge in [-0.2, -0.15) is 5.26 Å². The van der Waals surface area contributed by atoms with Crippen molar-refractivity contribution in [1.29, 1.82) is 5.26 Å². The largest absolute Gasteiger partial charge is 0.457 e. The van der Waals surface area contributed by atoms with Crippen LogP contribution in [0.25, 0.3) is 0 Å². The zero-order valence-corrected chi connectivity index (χ0v) is 11.2. The molecule has 0 aromatic heterocycles. The Morgan fingerprint density at radius 3 is 2.58 bits per heavy atom. The molecule has 2 aromatic carbocycles. The van der Waals surface area contributed by atoms with Gasteiger partial charge in [0.25, 0.3) is 0 Å². The van der Waals surface area contributed by atoms with Crippen LogP contribution in [0.3, 0.4) is 0 Å². The number of nitrogen functional groups attached to an aromatic ring is 1. The summed E-state index contributed by atoms with van der Waals surface area (Å²) in [6.45, 7) is 2.03. The van der Waals surface area contributed by atoms with Gasteiger partial charge in [-0.3, -0.25) is 0 Å². The van der Waals surface area contributed by atoms with Crippen molar-refractivity contribution in [3.05, 3.63) is 52.5 Å². The van der Waals surface area contributed by atoms with Crippen molar-refractivity contribution in [2.24, 2.45) is 0 Å². The topological polar surface area (TPSA) is 59.0 Å². The molecule has 2 N–H and O–H groups in total. The number of aryl methyl sites for hydroxylation is 1. The fourth-order valence-electron chi connectivity index (χ4n) is 1.72. The first-order valence-electron chi connectivity index (χ1n) is 5.90. The van der Waals surface area contributed by atoms with Crippen LogP contribution in [0.1, 0.15) is 18.1 Å². The zero-order chi connectivity index (χ0) is 13.8. The van der Waals surface area contributed by atoms with Crippen LogP contribution < -0.4 is 10.5 Å². The molecule has 4 heteroatoms. The van der Waals surface area contributed by atoms with Gasteiger partial charge in [0.05, 0.1) is 5.56 Å². The summed E-state index contributed by atoms with van der Waals surface area (Å²) in [6.07, 6.45) is 0.835. The highest BCUT2D eigenvalue weighted by Gasteiger charge is 2.05. The van der Waals surface area contributed by atoms with Crippen molar-refractivity contribution in [2.75, 3.05) is 5.73 Å². The molecule has 0 saturated carbocycles. The van der Waals surface area contributed by atoms with Gasteiger partial charge in [-0.15, -0.1) is 0 Å². The maximum atomic E-state index is 8.92. The number of nitrogens with two attached hydrogens (primary N) is 1. The van der Waals surface area contributed by atoms with Gasteiger partial charge in [0, 0.05) is 16.8 Å². The summed E-state index contributed by atoms with van der Waals surface area (Å²) >= 11 is 6.05. The molecule has 0 aliphatic carbocycles. The zero-order valence-electron chi connectivity index (χ0n) is 10.5. The Kier molecular flexibility index (Phi) is 3.94. The lowest BCUT2D eigenvalue weighted by molar-refractivity contribution is 0.482. The van der Waals surface area contributed by atoms with E-state index in [0.29, 0.717) is 22.7 Å². The summed E-state index contributed by atoms with van der Waals surface area (Å²) in [6, 6.07) is 12.5. The Morgan fingerprint density at radius 2 is 1.89 bits per heavy atom. The molecule has 19 heavy (non-hydrogen) atoms. The van der Waals surface area contributed by atoms with Crippen LogP contribution in [0.2, 0.25) is 5.02 Å². The second-order valence-electron chi connectivity index (χ2n) is 4.07. The van der Waals surface area contributed by atoms with Crippen molar-refractivity contribution < 1.29 is 4.74 Å². The van der Waals surface area contributed by atoms with E-state index in [1.165, 1.54) is 0 Å². The molecule has 0 bridgehead atoms. The smallest absolute Gasteiger partial charge is 0.128 e. The molecule has 0 fully saturated rings. The molecule has 0 saturated heterocycles. The predicted octanol–water partition coefficient (Wildman–Crippen LogP) is 4.15. The van der Waals surface area contributed by atoms with Gasteiger partial charge in [0.1, 0.15) is 17.6 Å². The fraction of sp³-hybridized carbons (Fsp3) is 0.133. The number of rotatable bonds is 3. The molecular formula is C15H13ClN2O. The van der Waals surface area contributed by atoms with Crippen LogP contribution in [-0.4, -0.2) is 0 Å². The first-order chi connectivity index (χ1) is 9.13. The number of hydrogen-bond acceptors (Lipinski definition) is 3. The molecule has 3 nitrogen and oxygen atoms in total. The van der Waals surface area contributed by atoms with Crippen molar-refractivity contribution in [3.8, 4) is 17.6 Å². The van der Waals surface area contributed by atoms with Crippen LogP contribution in [0.15, 0.2) is 36.4 Å². The molecule has 0 heterocycles. The van der Waals surface area contributed by atoms with Crippen molar-refractivity contribution in [1.82, 2.24) is 0 Å². The standard InChI is InChI=1S/C15H13ClN2O/c1-2-10-7-12(3-5-14(10)16)19-13-4-6-15(18)11(8-13)9-17/h3-8H,2,18H2,1H3. The second-order valence-corrected chi connectivity index (χ2v) is 4.48. The molecule has 0 atom stereocenters. The van der Waals surface area contributed by atoms with Crippen LogP contribution in [-0.2, 0) is 6.42 Å². The minimum absolute atomic E-state index is 0.405. The number of hydrogen-bond donors (Lipinski definition) is 1. The summed E-state index contributed by atoms with van der Waals surface area (Å²) in [5.41, 5.74) is 7.54. The van der Waals surface area contributed by atoms with Gasteiger partial charge in [-0.25, -0.2) is 0 Å². The lowest BCUT2D eigenvalue weighted by Gasteiger charge is -2.09. The molecule has 0 spiro atoms. The van der Waals surface area contributed by atoms with Gasteiger partial charge in [-0.1, -0.05) is 18.5 Å². The average molecular weight is 273 g/mol. The molecule has 0 radical (unpaired) electrons. The van der Waals surface area contributed by atoms with Crippen molar-refractivity contribution >= 4 is 17.3 Å². The van der Waals surface area contributed by atoms with E-state index in [-0.39, 0.29) is 0 Å². The number of ether oxygens (including phenoxy) is 1. The van der Waals surface area contributed by atoms with E-state index in [0.717, 1.165) is 17.0 Å². The summed E-state index contributed by atoms with van der Waals surface area (Å²) in [5, 5.41) is 9.65. The monoisotopic (exact) mass is 272 g/mol. The van der Waals surface area contributed by atoms with E-state index in [9.17, 15) is 0 Å². The SMILES string of the molecule is CCc1cc(Oc2ccc(N)c(C#N)c2)ccc1Cl. The lowest BCUT2D eigenvalue weighted by atomic mass is 10.1. The van der Waals surface area contributed by atoms with Crippen LogP contribution >= 0.6 is 11.6 Å². The van der Waals surface area contributed by atoms with E-state index in [4.69, 9.17) is 27.3 Å². The number of halogens is 1. The van der Waals surface area contributed by atoms with E-state index in [1.807, 2.05) is 19.1 Å². The third-order valence-corrected chi connectivity index (χ3v) is 3.15.